The number of hydrogen-bond donors (Lipinski definition) is 3. The summed E-state index contributed by atoms with van der Waals surface area (Å²) >= 11 is 13.1. The molecule has 5 rings (SSSR count). The van der Waals surface area contributed by atoms with Crippen LogP contribution in [0.1, 0.15) is 27.9 Å². The molecule has 43 heavy (non-hydrogen) atoms. The highest BCUT2D eigenvalue weighted by atomic mass is 35.5. The second-order valence-electron chi connectivity index (χ2n) is 10.2. The van der Waals surface area contributed by atoms with Crippen LogP contribution in [-0.4, -0.2) is 58.2 Å². The fourth-order valence-electron chi connectivity index (χ4n) is 5.04. The summed E-state index contributed by atoms with van der Waals surface area (Å²) < 4.78 is 12.0. The quantitative estimate of drug-likeness (QED) is 0.259. The third kappa shape index (κ3) is 6.43. The van der Waals surface area contributed by atoms with Gasteiger partial charge in [-0.25, -0.2) is 9.67 Å². The standard InChI is InChI=1S/C31H31Cl2N5O5/c1-17-19(6-5-9-23(17)36-29(40)27-22(32)15-35-38(2)31(27)41)20-7-4-8-21(28(20)33)24-11-10-18(30(37-24)42-3)14-34-25-12-13-43-16-26(25)39/h4-11,15,25-26,34,39H,12-14,16H2,1-3H3,(H,36,40). The van der Waals surface area contributed by atoms with Gasteiger partial charge in [0.25, 0.3) is 11.5 Å². The van der Waals surface area contributed by atoms with Gasteiger partial charge in [0.15, 0.2) is 0 Å². The van der Waals surface area contributed by atoms with Gasteiger partial charge in [0.2, 0.25) is 5.88 Å². The van der Waals surface area contributed by atoms with E-state index in [0.29, 0.717) is 47.6 Å². The van der Waals surface area contributed by atoms with E-state index in [1.165, 1.54) is 13.2 Å². The second-order valence-corrected chi connectivity index (χ2v) is 11.0. The van der Waals surface area contributed by atoms with Gasteiger partial charge in [0.1, 0.15) is 5.56 Å². The molecule has 2 unspecified atom stereocenters. The number of methoxy groups -OCH3 is 1. The van der Waals surface area contributed by atoms with E-state index in [9.17, 15) is 14.7 Å². The Morgan fingerprint density at radius 1 is 1.14 bits per heavy atom. The smallest absolute Gasteiger partial charge is 0.280 e. The number of nitrogens with zero attached hydrogens (tertiary/aromatic N) is 3. The maximum Gasteiger partial charge on any atom is 0.280 e. The Morgan fingerprint density at radius 3 is 2.65 bits per heavy atom. The normalized spacial score (nSPS) is 16.6. The van der Waals surface area contributed by atoms with E-state index in [2.05, 4.69) is 15.7 Å². The SMILES string of the molecule is COc1nc(-c2cccc(-c3cccc(NC(=O)c4c(Cl)cnn(C)c4=O)c3C)c2Cl)ccc1CNC1CCOCC1O. The van der Waals surface area contributed by atoms with Crippen molar-refractivity contribution in [2.24, 2.45) is 7.05 Å². The van der Waals surface area contributed by atoms with Gasteiger partial charge in [-0.2, -0.15) is 5.10 Å². The largest absolute Gasteiger partial charge is 0.481 e. The van der Waals surface area contributed by atoms with Gasteiger partial charge in [-0.1, -0.05) is 59.6 Å². The number of halogens is 2. The number of anilines is 1. The van der Waals surface area contributed by atoms with Gasteiger partial charge in [-0.05, 0) is 36.6 Å². The topological polar surface area (TPSA) is 128 Å². The molecule has 224 valence electrons. The van der Waals surface area contributed by atoms with Crippen molar-refractivity contribution >= 4 is 34.8 Å². The van der Waals surface area contributed by atoms with Crippen LogP contribution in [-0.2, 0) is 18.3 Å². The van der Waals surface area contributed by atoms with Crippen LogP contribution >= 0.6 is 23.2 Å². The van der Waals surface area contributed by atoms with Crippen LogP contribution in [0.25, 0.3) is 22.4 Å². The number of nitrogens with one attached hydrogen (secondary N) is 2. The lowest BCUT2D eigenvalue weighted by atomic mass is 9.96. The number of amides is 1. The number of pyridine rings is 1. The van der Waals surface area contributed by atoms with E-state index in [1.807, 2.05) is 43.3 Å². The monoisotopic (exact) mass is 623 g/mol. The molecule has 0 bridgehead atoms. The number of ether oxygens (including phenoxy) is 2. The summed E-state index contributed by atoms with van der Waals surface area (Å²) in [4.78, 5) is 30.3. The Bertz CT molecular complexity index is 1730. The van der Waals surface area contributed by atoms with E-state index < -0.39 is 17.6 Å². The zero-order valence-electron chi connectivity index (χ0n) is 23.9. The number of aliphatic hydroxyl groups is 1. The van der Waals surface area contributed by atoms with Gasteiger partial charge >= 0.3 is 0 Å². The Hall–Kier alpha value is -3.80. The molecule has 0 spiro atoms. The third-order valence-electron chi connectivity index (χ3n) is 7.48. The van der Waals surface area contributed by atoms with Gasteiger partial charge in [-0.15, -0.1) is 0 Å². The molecule has 2 atom stereocenters. The highest BCUT2D eigenvalue weighted by molar-refractivity contribution is 6.36. The maximum atomic E-state index is 13.0. The van der Waals surface area contributed by atoms with Crippen molar-refractivity contribution in [2.45, 2.75) is 32.0 Å². The summed E-state index contributed by atoms with van der Waals surface area (Å²) in [6.45, 7) is 3.25. The van der Waals surface area contributed by atoms with Gasteiger partial charge in [0.05, 0.1) is 41.8 Å². The summed E-state index contributed by atoms with van der Waals surface area (Å²) in [5.74, 6) is -0.180. The number of aromatic nitrogens is 3. The van der Waals surface area contributed by atoms with Gasteiger partial charge in [-0.3, -0.25) is 9.59 Å². The molecule has 10 nitrogen and oxygen atoms in total. The molecule has 1 saturated heterocycles. The van der Waals surface area contributed by atoms with Crippen molar-refractivity contribution < 1.29 is 19.4 Å². The van der Waals surface area contributed by atoms with Crippen molar-refractivity contribution in [1.82, 2.24) is 20.1 Å². The second kappa shape index (κ2) is 13.2. The first kappa shape index (κ1) is 30.7. The van der Waals surface area contributed by atoms with E-state index in [4.69, 9.17) is 37.7 Å². The minimum atomic E-state index is -0.634. The predicted octanol–water partition coefficient (Wildman–Crippen LogP) is 4.62. The highest BCUT2D eigenvalue weighted by Gasteiger charge is 2.24. The fraction of sp³-hybridized carbons (Fsp3) is 0.290. The molecule has 3 N–H and O–H groups in total. The van der Waals surface area contributed by atoms with Crippen LogP contribution in [0, 0.1) is 6.92 Å². The highest BCUT2D eigenvalue weighted by Crippen LogP contribution is 2.39. The summed E-state index contributed by atoms with van der Waals surface area (Å²) in [6, 6.07) is 14.8. The van der Waals surface area contributed by atoms with E-state index in [-0.39, 0.29) is 16.6 Å². The van der Waals surface area contributed by atoms with Crippen molar-refractivity contribution in [3.05, 3.63) is 91.8 Å². The van der Waals surface area contributed by atoms with Crippen LogP contribution in [0.3, 0.4) is 0 Å². The minimum Gasteiger partial charge on any atom is -0.481 e. The molecule has 2 aromatic heterocycles. The number of hydrogen-bond acceptors (Lipinski definition) is 8. The van der Waals surface area contributed by atoms with E-state index in [1.54, 1.807) is 19.2 Å². The van der Waals surface area contributed by atoms with E-state index in [0.717, 1.165) is 33.4 Å². The summed E-state index contributed by atoms with van der Waals surface area (Å²) in [7, 11) is 3.01. The van der Waals surface area contributed by atoms with Crippen LogP contribution in [0.2, 0.25) is 10.0 Å². The molecule has 1 aliphatic rings. The first-order valence-electron chi connectivity index (χ1n) is 13.6. The number of aryl methyl sites for hydroxylation is 1. The first-order valence-corrected chi connectivity index (χ1v) is 14.4. The molecule has 4 aromatic rings. The fourth-order valence-corrected chi connectivity index (χ4v) is 5.58. The zero-order chi connectivity index (χ0) is 30.7. The molecule has 1 fully saturated rings. The third-order valence-corrected chi connectivity index (χ3v) is 8.17. The number of benzene rings is 2. The molecule has 0 saturated carbocycles. The Labute approximate surface area is 258 Å². The van der Waals surface area contributed by atoms with Crippen LogP contribution in [0.5, 0.6) is 5.88 Å². The Morgan fingerprint density at radius 2 is 1.88 bits per heavy atom. The molecular weight excluding hydrogens is 593 g/mol. The lowest BCUT2D eigenvalue weighted by Gasteiger charge is -2.28. The number of carbonyl (C=O) groups is 1. The van der Waals surface area contributed by atoms with Crippen molar-refractivity contribution in [2.75, 3.05) is 25.6 Å². The molecule has 3 heterocycles. The molecule has 1 amide bonds. The lowest BCUT2D eigenvalue weighted by Crippen LogP contribution is -2.46. The van der Waals surface area contributed by atoms with Gasteiger partial charge in [0, 0.05) is 48.6 Å². The number of aliphatic hydroxyl groups excluding tert-OH is 1. The van der Waals surface area contributed by atoms with Crippen molar-refractivity contribution in [3.63, 3.8) is 0 Å². The number of rotatable bonds is 8. The van der Waals surface area contributed by atoms with E-state index >= 15 is 0 Å². The summed E-state index contributed by atoms with van der Waals surface area (Å²) in [5, 5.41) is 20.7. The molecule has 0 aliphatic carbocycles. The van der Waals surface area contributed by atoms with Crippen molar-refractivity contribution in [1.29, 1.82) is 0 Å². The molecule has 0 radical (unpaired) electrons. The van der Waals surface area contributed by atoms with Crippen molar-refractivity contribution in [3.8, 4) is 28.3 Å². The Balaban J connectivity index is 1.42. The lowest BCUT2D eigenvalue weighted by molar-refractivity contribution is -0.0281. The van der Waals surface area contributed by atoms with Crippen LogP contribution in [0.4, 0.5) is 5.69 Å². The molecular formula is C31H31Cl2N5O5. The Kier molecular flexibility index (Phi) is 9.43. The van der Waals surface area contributed by atoms with Crippen LogP contribution < -0.4 is 20.9 Å². The maximum absolute atomic E-state index is 13.0. The van der Waals surface area contributed by atoms with Crippen LogP contribution in [0.15, 0.2) is 59.5 Å². The molecule has 2 aromatic carbocycles. The first-order chi connectivity index (χ1) is 20.7. The predicted molar refractivity (Wildman–Crippen MR) is 166 cm³/mol. The zero-order valence-corrected chi connectivity index (χ0v) is 25.4. The molecule has 12 heteroatoms. The number of carbonyl (C=O) groups excluding carboxylic acids is 1. The average Bonchev–Trinajstić information content (AvgIpc) is 3.00. The molecule has 1 aliphatic heterocycles. The van der Waals surface area contributed by atoms with Gasteiger partial charge < -0.3 is 25.2 Å². The summed E-state index contributed by atoms with van der Waals surface area (Å²) in [5.41, 5.74) is 4.19. The minimum absolute atomic E-state index is 0.0314. The average molecular weight is 625 g/mol. The summed E-state index contributed by atoms with van der Waals surface area (Å²) in [6.07, 6.45) is 1.41.